The number of ether oxygens (including phenoxy) is 2. The van der Waals surface area contributed by atoms with Crippen LogP contribution in [-0.4, -0.2) is 30.4 Å². The number of amides is 1. The molecule has 0 radical (unpaired) electrons. The van der Waals surface area contributed by atoms with E-state index in [9.17, 15) is 4.79 Å². The van der Waals surface area contributed by atoms with Gasteiger partial charge in [-0.15, -0.1) is 28.7 Å². The van der Waals surface area contributed by atoms with Gasteiger partial charge in [-0.25, -0.2) is 0 Å². The number of benzene rings is 2. The van der Waals surface area contributed by atoms with E-state index in [2.05, 4.69) is 40.9 Å². The van der Waals surface area contributed by atoms with Gasteiger partial charge in [0.1, 0.15) is 0 Å². The smallest absolute Gasteiger partial charge is 0.228 e. The van der Waals surface area contributed by atoms with Gasteiger partial charge in [0.15, 0.2) is 11.5 Å². The van der Waals surface area contributed by atoms with Crippen LogP contribution in [0.5, 0.6) is 11.5 Å². The van der Waals surface area contributed by atoms with Crippen molar-refractivity contribution in [2.24, 2.45) is 0 Å². The first kappa shape index (κ1) is 36.1. The Morgan fingerprint density at radius 1 is 0.810 bits per heavy atom. The molecule has 0 saturated heterocycles. The van der Waals surface area contributed by atoms with Gasteiger partial charge < -0.3 is 19.7 Å². The number of unbranched alkanes of at least 4 members (excludes halogenated alkanes) is 13. The first-order chi connectivity index (χ1) is 20.2. The molecule has 1 heterocycles. The van der Waals surface area contributed by atoms with Crippen molar-refractivity contribution >= 4 is 40.3 Å². The van der Waals surface area contributed by atoms with E-state index in [4.69, 9.17) is 9.47 Å². The Hall–Kier alpha value is -2.12. The lowest BCUT2D eigenvalue weighted by Crippen LogP contribution is -2.15. The molecule has 42 heavy (non-hydrogen) atoms. The van der Waals surface area contributed by atoms with Crippen LogP contribution < -0.4 is 14.8 Å². The number of methoxy groups -OCH3 is 1. The van der Waals surface area contributed by atoms with E-state index in [0.29, 0.717) is 12.4 Å². The molecule has 0 fully saturated rings. The lowest BCUT2D eigenvalue weighted by molar-refractivity contribution is -0.115. The molecule has 2 aromatic carbocycles. The van der Waals surface area contributed by atoms with Crippen LogP contribution in [0.2, 0.25) is 0 Å². The van der Waals surface area contributed by atoms with Crippen LogP contribution in [0.15, 0.2) is 54.1 Å². The van der Waals surface area contributed by atoms with Gasteiger partial charge in [0.05, 0.1) is 26.0 Å². The molecule has 0 atom stereocenters. The molecule has 0 aromatic heterocycles. The average molecular weight is 662 g/mol. The largest absolute Gasteiger partial charge is 0.493 e. The fraction of sp³-hybridized carbons (Fsp3) is 0.571. The predicted octanol–water partition coefficient (Wildman–Crippen LogP) is 10.3. The van der Waals surface area contributed by atoms with Crippen LogP contribution in [-0.2, 0) is 17.8 Å². The van der Waals surface area contributed by atoms with Crippen LogP contribution >= 0.6 is 28.7 Å². The summed E-state index contributed by atoms with van der Waals surface area (Å²) in [5.41, 5.74) is 2.94. The second-order valence-electron chi connectivity index (χ2n) is 11.2. The van der Waals surface area contributed by atoms with Crippen molar-refractivity contribution in [2.75, 3.05) is 24.9 Å². The van der Waals surface area contributed by atoms with Crippen molar-refractivity contribution in [1.29, 1.82) is 0 Å². The number of halogens is 1. The Kier molecular flexibility index (Phi) is 19.3. The number of nitrogens with zero attached hydrogens (tertiary/aromatic N) is 1. The number of carbonyl (C=O) groups is 1. The topological polar surface area (TPSA) is 50.8 Å². The first-order valence-electron chi connectivity index (χ1n) is 15.9. The molecule has 3 rings (SSSR count). The van der Waals surface area contributed by atoms with E-state index in [1.807, 2.05) is 30.3 Å². The fourth-order valence-corrected chi connectivity index (χ4v) is 5.86. The van der Waals surface area contributed by atoms with E-state index in [-0.39, 0.29) is 29.3 Å². The highest BCUT2D eigenvalue weighted by Crippen LogP contribution is 2.29. The Labute approximate surface area is 270 Å². The minimum atomic E-state index is -0.0465. The van der Waals surface area contributed by atoms with Crippen LogP contribution in [0.25, 0.3) is 0 Å². The number of nitrogens with one attached hydrogen (secondary N) is 1. The SMILES string of the molecule is Br.CCCCCCCCCCCCCCCCOc1ccc(CC(=O)Nc2ccc(CN3C=CSC3)cc2)cc1OC. The summed E-state index contributed by atoms with van der Waals surface area (Å²) in [6, 6.07) is 13.9. The highest BCUT2D eigenvalue weighted by molar-refractivity contribution is 8.93. The second-order valence-corrected chi connectivity index (χ2v) is 12.0. The van der Waals surface area contributed by atoms with E-state index < -0.39 is 0 Å². The Balaban J connectivity index is 0.00000616. The summed E-state index contributed by atoms with van der Waals surface area (Å²) < 4.78 is 11.6. The van der Waals surface area contributed by atoms with Gasteiger partial charge in [0, 0.05) is 18.4 Å². The third-order valence-corrected chi connectivity index (χ3v) is 8.37. The van der Waals surface area contributed by atoms with Gasteiger partial charge >= 0.3 is 0 Å². The third kappa shape index (κ3) is 14.9. The maximum Gasteiger partial charge on any atom is 0.228 e. The van der Waals surface area contributed by atoms with Crippen molar-refractivity contribution < 1.29 is 14.3 Å². The summed E-state index contributed by atoms with van der Waals surface area (Å²) in [5.74, 6) is 2.37. The Morgan fingerprint density at radius 3 is 1.98 bits per heavy atom. The van der Waals surface area contributed by atoms with Crippen molar-refractivity contribution in [1.82, 2.24) is 4.90 Å². The molecule has 0 saturated carbocycles. The normalized spacial score (nSPS) is 12.3. The van der Waals surface area contributed by atoms with Gasteiger partial charge in [-0.3, -0.25) is 4.79 Å². The molecule has 0 bridgehead atoms. The number of thioether (sulfide) groups is 1. The van der Waals surface area contributed by atoms with Gasteiger partial charge in [-0.05, 0) is 47.2 Å². The number of carbonyl (C=O) groups excluding carboxylic acids is 1. The van der Waals surface area contributed by atoms with Gasteiger partial charge in [-0.1, -0.05) is 109 Å². The van der Waals surface area contributed by atoms with Crippen LogP contribution in [0.4, 0.5) is 5.69 Å². The van der Waals surface area contributed by atoms with Crippen molar-refractivity contribution in [2.45, 2.75) is 110 Å². The number of rotatable bonds is 22. The van der Waals surface area contributed by atoms with Crippen molar-refractivity contribution in [3.63, 3.8) is 0 Å². The van der Waals surface area contributed by atoms with E-state index in [1.54, 1.807) is 18.9 Å². The highest BCUT2D eigenvalue weighted by atomic mass is 79.9. The monoisotopic (exact) mass is 660 g/mol. The minimum Gasteiger partial charge on any atom is -0.493 e. The molecule has 1 aliphatic heterocycles. The number of hydrogen-bond acceptors (Lipinski definition) is 5. The number of hydrogen-bond donors (Lipinski definition) is 1. The lowest BCUT2D eigenvalue weighted by atomic mass is 10.0. The minimum absolute atomic E-state index is 0. The molecule has 5 nitrogen and oxygen atoms in total. The zero-order valence-electron chi connectivity index (χ0n) is 25.9. The molecule has 1 aliphatic rings. The van der Waals surface area contributed by atoms with E-state index >= 15 is 0 Å². The average Bonchev–Trinajstić information content (AvgIpc) is 3.49. The van der Waals surface area contributed by atoms with Crippen molar-refractivity contribution in [3.05, 3.63) is 65.2 Å². The molecule has 234 valence electrons. The summed E-state index contributed by atoms with van der Waals surface area (Å²) in [4.78, 5) is 14.9. The molecular formula is C35H53BrN2O3S. The van der Waals surface area contributed by atoms with E-state index in [1.165, 1.54) is 89.0 Å². The van der Waals surface area contributed by atoms with Crippen LogP contribution in [0.3, 0.4) is 0 Å². The van der Waals surface area contributed by atoms with E-state index in [0.717, 1.165) is 35.8 Å². The molecule has 0 spiro atoms. The Bertz CT molecular complexity index is 1030. The van der Waals surface area contributed by atoms with Gasteiger partial charge in [-0.2, -0.15) is 0 Å². The van der Waals surface area contributed by atoms with Gasteiger partial charge in [0.25, 0.3) is 0 Å². The highest BCUT2D eigenvalue weighted by Gasteiger charge is 2.10. The Morgan fingerprint density at radius 2 is 1.40 bits per heavy atom. The maximum absolute atomic E-state index is 12.7. The fourth-order valence-electron chi connectivity index (χ4n) is 5.15. The zero-order chi connectivity index (χ0) is 29.0. The quantitative estimate of drug-likeness (QED) is 0.127. The molecule has 0 unspecified atom stereocenters. The standard InChI is InChI=1S/C35H52N2O3S.BrH/c1-3-4-5-6-7-8-9-10-11-12-13-14-15-16-24-40-33-22-19-31(26-34(33)39-2)27-35(38)36-32-20-17-30(18-21-32)28-37-23-25-41-29-37;/h17-23,25-26H,3-16,24,27-29H2,1-2H3,(H,36,38);1H. The predicted molar refractivity (Wildman–Crippen MR) is 185 cm³/mol. The molecular weight excluding hydrogens is 608 g/mol. The molecule has 0 aliphatic carbocycles. The summed E-state index contributed by atoms with van der Waals surface area (Å²) in [6.07, 6.45) is 21.3. The molecule has 2 aromatic rings. The zero-order valence-corrected chi connectivity index (χ0v) is 28.4. The summed E-state index contributed by atoms with van der Waals surface area (Å²) >= 11 is 1.80. The maximum atomic E-state index is 12.7. The van der Waals surface area contributed by atoms with Crippen LogP contribution in [0, 0.1) is 0 Å². The molecule has 1 amide bonds. The second kappa shape index (κ2) is 22.4. The van der Waals surface area contributed by atoms with Crippen LogP contribution in [0.1, 0.15) is 108 Å². The molecule has 7 heteroatoms. The molecule has 1 N–H and O–H groups in total. The lowest BCUT2D eigenvalue weighted by Gasteiger charge is -2.15. The van der Waals surface area contributed by atoms with Gasteiger partial charge in [0.2, 0.25) is 5.91 Å². The summed E-state index contributed by atoms with van der Waals surface area (Å²) in [6.45, 7) is 3.85. The van der Waals surface area contributed by atoms with Crippen molar-refractivity contribution in [3.8, 4) is 11.5 Å². The summed E-state index contributed by atoms with van der Waals surface area (Å²) in [5, 5.41) is 5.12. The third-order valence-electron chi connectivity index (χ3n) is 7.58. The number of anilines is 1. The summed E-state index contributed by atoms with van der Waals surface area (Å²) in [7, 11) is 1.65. The first-order valence-corrected chi connectivity index (χ1v) is 16.9.